The Morgan fingerprint density at radius 2 is 2.25 bits per heavy atom. The zero-order valence-electron chi connectivity index (χ0n) is 9.44. The Kier molecular flexibility index (Phi) is 1.65. The largest absolute Gasteiger partial charge is 0.305 e. The number of hydrogen-bond donors (Lipinski definition) is 0. The van der Waals surface area contributed by atoms with Crippen LogP contribution in [0.15, 0.2) is 30.3 Å². The number of hydrogen-bond acceptors (Lipinski definition) is 2. The Balaban J connectivity index is 1.83. The third-order valence-corrected chi connectivity index (χ3v) is 5.57. The lowest BCUT2D eigenvalue weighted by Gasteiger charge is -2.14. The highest BCUT2D eigenvalue weighted by Crippen LogP contribution is 2.60. The number of fused-ring (bicyclic) bond motifs is 2. The molecule has 0 bridgehead atoms. The van der Waals surface area contributed by atoms with Crippen LogP contribution < -0.4 is 0 Å². The van der Waals surface area contributed by atoms with Crippen molar-refractivity contribution in [2.24, 2.45) is 5.92 Å². The minimum absolute atomic E-state index is 0.540. The van der Waals surface area contributed by atoms with Gasteiger partial charge in [0.05, 0.1) is 0 Å². The fraction of sp³-hybridized carbons (Fsp3) is 0.429. The molecule has 2 heteroatoms. The van der Waals surface area contributed by atoms with Crippen LogP contribution in [0, 0.1) is 5.92 Å². The molecule has 2 aromatic rings. The lowest BCUT2D eigenvalue weighted by molar-refractivity contribution is 0.364. The lowest BCUT2D eigenvalue weighted by Crippen LogP contribution is -2.21. The molecule has 16 heavy (non-hydrogen) atoms. The quantitative estimate of drug-likeness (QED) is 0.726. The van der Waals surface area contributed by atoms with E-state index in [-0.39, 0.29) is 0 Å². The van der Waals surface area contributed by atoms with Gasteiger partial charge in [0.25, 0.3) is 0 Å². The molecule has 2 aliphatic rings. The van der Waals surface area contributed by atoms with Gasteiger partial charge < -0.3 is 4.90 Å². The molecule has 0 N–H and O–H groups in total. The number of piperidine rings is 1. The van der Waals surface area contributed by atoms with Crippen LogP contribution in [-0.4, -0.2) is 25.0 Å². The van der Waals surface area contributed by atoms with Gasteiger partial charge in [0.1, 0.15) is 0 Å². The third-order valence-electron chi connectivity index (χ3n) is 4.23. The van der Waals surface area contributed by atoms with E-state index >= 15 is 0 Å². The van der Waals surface area contributed by atoms with Crippen LogP contribution in [0.1, 0.15) is 11.3 Å². The molecule has 2 fully saturated rings. The summed E-state index contributed by atoms with van der Waals surface area (Å²) < 4.78 is 1.45. The van der Waals surface area contributed by atoms with Gasteiger partial charge in [0.15, 0.2) is 0 Å². The van der Waals surface area contributed by atoms with Crippen LogP contribution in [0.25, 0.3) is 10.1 Å². The number of rotatable bonds is 1. The molecule has 0 radical (unpaired) electrons. The summed E-state index contributed by atoms with van der Waals surface area (Å²) in [6.07, 6.45) is 1.42. The van der Waals surface area contributed by atoms with Gasteiger partial charge in [-0.05, 0) is 36.9 Å². The molecular weight excluding hydrogens is 214 g/mol. The minimum atomic E-state index is 0.540. The maximum atomic E-state index is 2.48. The monoisotopic (exact) mass is 229 g/mol. The molecule has 82 valence electrons. The molecular formula is C14H15NS. The summed E-state index contributed by atoms with van der Waals surface area (Å²) in [6.45, 7) is 2.57. The van der Waals surface area contributed by atoms with E-state index in [0.717, 1.165) is 5.92 Å². The highest BCUT2D eigenvalue weighted by Gasteiger charge is 2.60. The first kappa shape index (κ1) is 9.20. The second-order valence-electron chi connectivity index (χ2n) is 5.40. The molecule has 1 aromatic heterocycles. The molecule has 1 aromatic carbocycles. The van der Waals surface area contributed by atoms with Crippen molar-refractivity contribution in [3.63, 3.8) is 0 Å². The second kappa shape index (κ2) is 2.88. The van der Waals surface area contributed by atoms with E-state index in [2.05, 4.69) is 42.3 Å². The van der Waals surface area contributed by atoms with Crippen molar-refractivity contribution in [2.75, 3.05) is 20.1 Å². The summed E-state index contributed by atoms with van der Waals surface area (Å²) >= 11 is 2.01. The molecule has 2 heterocycles. The molecule has 0 amide bonds. The summed E-state index contributed by atoms with van der Waals surface area (Å²) in [7, 11) is 2.25. The normalized spacial score (nSPS) is 33.2. The standard InChI is InChI=1S/C14H15NS/c1-15-8-11-7-14(11,9-15)13-6-10-4-2-3-5-12(10)16-13/h2-6,11H,7-9H2,1H3/t11-,14-/m1/s1. The number of nitrogens with zero attached hydrogens (tertiary/aromatic N) is 1. The SMILES string of the molecule is CN1C[C@H]2C[C@@]2(c2cc3ccccc3s2)C1. The first-order chi connectivity index (χ1) is 7.78. The lowest BCUT2D eigenvalue weighted by atomic mass is 10.0. The van der Waals surface area contributed by atoms with Crippen molar-refractivity contribution in [1.29, 1.82) is 0 Å². The summed E-state index contributed by atoms with van der Waals surface area (Å²) in [5.41, 5.74) is 0.540. The number of likely N-dealkylation sites (N-methyl/N-ethyl adjacent to an activating group) is 1. The van der Waals surface area contributed by atoms with Gasteiger partial charge in [-0.1, -0.05) is 18.2 Å². The number of likely N-dealkylation sites (tertiary alicyclic amines) is 1. The average molecular weight is 229 g/mol. The Morgan fingerprint density at radius 3 is 3.00 bits per heavy atom. The highest BCUT2D eigenvalue weighted by molar-refractivity contribution is 7.19. The zero-order chi connectivity index (χ0) is 10.8. The molecule has 0 unspecified atom stereocenters. The van der Waals surface area contributed by atoms with Crippen LogP contribution >= 0.6 is 11.3 Å². The van der Waals surface area contributed by atoms with Crippen LogP contribution in [-0.2, 0) is 5.41 Å². The Morgan fingerprint density at radius 1 is 1.38 bits per heavy atom. The van der Waals surface area contributed by atoms with E-state index < -0.39 is 0 Å². The molecule has 1 saturated heterocycles. The van der Waals surface area contributed by atoms with Gasteiger partial charge in [0, 0.05) is 28.1 Å². The topological polar surface area (TPSA) is 3.24 Å². The zero-order valence-corrected chi connectivity index (χ0v) is 10.3. The summed E-state index contributed by atoms with van der Waals surface area (Å²) in [5.74, 6) is 0.936. The maximum Gasteiger partial charge on any atom is 0.0345 e. The van der Waals surface area contributed by atoms with Crippen molar-refractivity contribution >= 4 is 21.4 Å². The van der Waals surface area contributed by atoms with Gasteiger partial charge in [0.2, 0.25) is 0 Å². The first-order valence-electron chi connectivity index (χ1n) is 5.95. The van der Waals surface area contributed by atoms with Crippen LogP contribution in [0.4, 0.5) is 0 Å². The first-order valence-corrected chi connectivity index (χ1v) is 6.77. The Bertz CT molecular complexity index is 526. The van der Waals surface area contributed by atoms with E-state index in [4.69, 9.17) is 0 Å². The van der Waals surface area contributed by atoms with Gasteiger partial charge >= 0.3 is 0 Å². The Hall–Kier alpha value is -0.860. The minimum Gasteiger partial charge on any atom is -0.305 e. The van der Waals surface area contributed by atoms with E-state index in [0.29, 0.717) is 5.41 Å². The summed E-state index contributed by atoms with van der Waals surface area (Å²) in [6, 6.07) is 11.2. The van der Waals surface area contributed by atoms with Crippen LogP contribution in [0.2, 0.25) is 0 Å². The fourth-order valence-electron chi connectivity index (χ4n) is 3.34. The third kappa shape index (κ3) is 1.09. The van der Waals surface area contributed by atoms with Gasteiger partial charge in [-0.15, -0.1) is 11.3 Å². The summed E-state index contributed by atoms with van der Waals surface area (Å²) in [4.78, 5) is 4.11. The smallest absolute Gasteiger partial charge is 0.0345 e. The van der Waals surface area contributed by atoms with Crippen molar-refractivity contribution in [3.05, 3.63) is 35.2 Å². The predicted molar refractivity (Wildman–Crippen MR) is 69.1 cm³/mol. The van der Waals surface area contributed by atoms with Gasteiger partial charge in [-0.25, -0.2) is 0 Å². The van der Waals surface area contributed by atoms with Crippen LogP contribution in [0.3, 0.4) is 0 Å². The Labute approximate surface area is 99.7 Å². The summed E-state index contributed by atoms with van der Waals surface area (Å²) in [5, 5.41) is 1.43. The highest BCUT2D eigenvalue weighted by atomic mass is 32.1. The molecule has 1 aliphatic heterocycles. The van der Waals surface area contributed by atoms with Crippen molar-refractivity contribution in [1.82, 2.24) is 4.90 Å². The van der Waals surface area contributed by atoms with Crippen molar-refractivity contribution in [2.45, 2.75) is 11.8 Å². The fourth-order valence-corrected chi connectivity index (χ4v) is 4.68. The van der Waals surface area contributed by atoms with E-state index in [1.807, 2.05) is 11.3 Å². The van der Waals surface area contributed by atoms with Gasteiger partial charge in [-0.2, -0.15) is 0 Å². The average Bonchev–Trinajstić information content (AvgIpc) is 2.71. The number of benzene rings is 1. The maximum absolute atomic E-state index is 2.48. The molecule has 2 atom stereocenters. The second-order valence-corrected chi connectivity index (χ2v) is 6.49. The van der Waals surface area contributed by atoms with E-state index in [1.165, 1.54) is 29.6 Å². The van der Waals surface area contributed by atoms with Crippen molar-refractivity contribution < 1.29 is 0 Å². The van der Waals surface area contributed by atoms with Crippen LogP contribution in [0.5, 0.6) is 0 Å². The molecule has 1 nitrogen and oxygen atoms in total. The van der Waals surface area contributed by atoms with Crippen molar-refractivity contribution in [3.8, 4) is 0 Å². The van der Waals surface area contributed by atoms with E-state index in [1.54, 1.807) is 4.88 Å². The molecule has 4 rings (SSSR count). The predicted octanol–water partition coefficient (Wildman–Crippen LogP) is 3.10. The molecule has 1 saturated carbocycles. The number of thiophene rings is 1. The van der Waals surface area contributed by atoms with E-state index in [9.17, 15) is 0 Å². The molecule has 0 spiro atoms. The molecule has 1 aliphatic carbocycles. The van der Waals surface area contributed by atoms with Gasteiger partial charge in [-0.3, -0.25) is 0 Å².